The maximum atomic E-state index is 12.5. The molecule has 3 heterocycles. The Bertz CT molecular complexity index is 795. The molecule has 8 nitrogen and oxygen atoms in total. The van der Waals surface area contributed by atoms with Crippen LogP contribution < -0.4 is 4.72 Å². The Hall–Kier alpha value is -1.71. The molecule has 126 valence electrons. The molecule has 1 aliphatic heterocycles. The van der Waals surface area contributed by atoms with E-state index in [0.29, 0.717) is 19.6 Å². The highest BCUT2D eigenvalue weighted by Crippen LogP contribution is 2.31. The van der Waals surface area contributed by atoms with E-state index >= 15 is 0 Å². The van der Waals surface area contributed by atoms with Gasteiger partial charge in [-0.2, -0.15) is 10.2 Å². The zero-order chi connectivity index (χ0) is 16.6. The zero-order valence-electron chi connectivity index (χ0n) is 13.4. The molecule has 0 aliphatic carbocycles. The summed E-state index contributed by atoms with van der Waals surface area (Å²) < 4.78 is 36.9. The minimum Gasteiger partial charge on any atom is -0.372 e. The van der Waals surface area contributed by atoms with E-state index in [0.717, 1.165) is 11.3 Å². The fraction of sp³-hybridized carbons (Fsp3) is 0.571. The number of hydrogen-bond acceptors (Lipinski definition) is 5. The van der Waals surface area contributed by atoms with E-state index < -0.39 is 10.0 Å². The van der Waals surface area contributed by atoms with Crippen molar-refractivity contribution in [1.29, 1.82) is 0 Å². The quantitative estimate of drug-likeness (QED) is 0.868. The van der Waals surface area contributed by atoms with Gasteiger partial charge in [-0.25, -0.2) is 13.1 Å². The minimum atomic E-state index is -3.62. The lowest BCUT2D eigenvalue weighted by molar-refractivity contribution is 0.102. The lowest BCUT2D eigenvalue weighted by atomic mass is 10.0. The third-order valence-electron chi connectivity index (χ3n) is 4.22. The number of nitrogens with one attached hydrogen (secondary N) is 1. The highest BCUT2D eigenvalue weighted by molar-refractivity contribution is 7.89. The highest BCUT2D eigenvalue weighted by Gasteiger charge is 2.35. The monoisotopic (exact) mass is 339 g/mol. The van der Waals surface area contributed by atoms with Crippen molar-refractivity contribution in [3.05, 3.63) is 29.8 Å². The Kier molecular flexibility index (Phi) is 4.26. The van der Waals surface area contributed by atoms with Crippen molar-refractivity contribution in [2.45, 2.75) is 43.9 Å². The molecule has 0 bridgehead atoms. The van der Waals surface area contributed by atoms with Crippen LogP contribution in [-0.4, -0.2) is 40.6 Å². The van der Waals surface area contributed by atoms with E-state index in [1.165, 1.54) is 12.4 Å². The van der Waals surface area contributed by atoms with Crippen LogP contribution in [0, 0.1) is 6.92 Å². The predicted octanol–water partition coefficient (Wildman–Crippen LogP) is 0.753. The molecule has 1 N–H and O–H groups in total. The van der Waals surface area contributed by atoms with Gasteiger partial charge in [0.1, 0.15) is 11.0 Å². The average molecular weight is 339 g/mol. The van der Waals surface area contributed by atoms with Gasteiger partial charge in [0.2, 0.25) is 10.0 Å². The second kappa shape index (κ2) is 6.06. The van der Waals surface area contributed by atoms with E-state index in [1.807, 2.05) is 20.9 Å². The molecule has 23 heavy (non-hydrogen) atoms. The van der Waals surface area contributed by atoms with E-state index in [-0.39, 0.29) is 17.0 Å². The molecule has 0 aromatic carbocycles. The van der Waals surface area contributed by atoms with Gasteiger partial charge in [0.15, 0.2) is 0 Å². The van der Waals surface area contributed by atoms with Crippen LogP contribution >= 0.6 is 0 Å². The fourth-order valence-corrected chi connectivity index (χ4v) is 3.96. The summed E-state index contributed by atoms with van der Waals surface area (Å²) in [4.78, 5) is 0.174. The summed E-state index contributed by atoms with van der Waals surface area (Å²) in [6, 6.07) is -0.312. The molecule has 2 aromatic heterocycles. The molecule has 1 fully saturated rings. The van der Waals surface area contributed by atoms with Gasteiger partial charge >= 0.3 is 0 Å². The molecule has 2 atom stereocenters. The van der Waals surface area contributed by atoms with Crippen molar-refractivity contribution in [2.75, 3.05) is 6.61 Å². The van der Waals surface area contributed by atoms with E-state index in [9.17, 15) is 8.42 Å². The Balaban J connectivity index is 1.82. The third-order valence-corrected chi connectivity index (χ3v) is 5.67. The van der Waals surface area contributed by atoms with Crippen molar-refractivity contribution in [2.24, 2.45) is 7.05 Å². The van der Waals surface area contributed by atoms with Crippen molar-refractivity contribution < 1.29 is 13.2 Å². The Morgan fingerprint density at radius 3 is 2.78 bits per heavy atom. The van der Waals surface area contributed by atoms with Crippen LogP contribution in [-0.2, 0) is 28.4 Å². The van der Waals surface area contributed by atoms with Crippen molar-refractivity contribution in [3.63, 3.8) is 0 Å². The Morgan fingerprint density at radius 2 is 2.17 bits per heavy atom. The summed E-state index contributed by atoms with van der Waals surface area (Å²) >= 11 is 0. The van der Waals surface area contributed by atoms with Gasteiger partial charge in [0.25, 0.3) is 0 Å². The van der Waals surface area contributed by atoms with Crippen LogP contribution in [0.1, 0.15) is 30.7 Å². The van der Waals surface area contributed by atoms with Gasteiger partial charge in [-0.1, -0.05) is 0 Å². The van der Waals surface area contributed by atoms with Crippen LogP contribution in [0.15, 0.2) is 23.5 Å². The first-order valence-corrected chi connectivity index (χ1v) is 9.05. The predicted molar refractivity (Wildman–Crippen MR) is 83.3 cm³/mol. The lowest BCUT2D eigenvalue weighted by Gasteiger charge is -2.19. The second-order valence-corrected chi connectivity index (χ2v) is 7.36. The molecular formula is C14H21N5O3S. The summed E-state index contributed by atoms with van der Waals surface area (Å²) in [6.45, 7) is 4.99. The summed E-state index contributed by atoms with van der Waals surface area (Å²) in [5, 5.41) is 8.23. The van der Waals surface area contributed by atoms with Crippen LogP contribution in [0.2, 0.25) is 0 Å². The van der Waals surface area contributed by atoms with Gasteiger partial charge < -0.3 is 4.74 Å². The normalized spacial score (nSPS) is 21.9. The fourth-order valence-electron chi connectivity index (χ4n) is 2.74. The standard InChI is InChI=1S/C14H21N5O3S/c1-4-19-9-11(7-16-19)23(20,21)17-13-5-6-22-14(13)12-8-15-18(3)10(12)2/h7-9,13-14,17H,4-6H2,1-3H3/t13-,14+/m0/s1. The van der Waals surface area contributed by atoms with Crippen LogP contribution in [0.5, 0.6) is 0 Å². The smallest absolute Gasteiger partial charge is 0.244 e. The molecule has 3 rings (SSSR count). The molecule has 0 radical (unpaired) electrons. The van der Waals surface area contributed by atoms with Gasteiger partial charge in [-0.05, 0) is 20.3 Å². The molecule has 0 spiro atoms. The van der Waals surface area contributed by atoms with E-state index in [4.69, 9.17) is 4.74 Å². The van der Waals surface area contributed by atoms with Crippen LogP contribution in [0.25, 0.3) is 0 Å². The van der Waals surface area contributed by atoms with Gasteiger partial charge in [0.05, 0.1) is 18.4 Å². The highest BCUT2D eigenvalue weighted by atomic mass is 32.2. The number of nitrogens with zero attached hydrogens (tertiary/aromatic N) is 4. The van der Waals surface area contributed by atoms with Crippen molar-refractivity contribution in [3.8, 4) is 0 Å². The maximum absolute atomic E-state index is 12.5. The lowest BCUT2D eigenvalue weighted by Crippen LogP contribution is -2.36. The first kappa shape index (κ1) is 16.2. The summed E-state index contributed by atoms with van der Waals surface area (Å²) in [6.07, 6.45) is 4.94. The summed E-state index contributed by atoms with van der Waals surface area (Å²) in [5.41, 5.74) is 1.89. The number of hydrogen-bond donors (Lipinski definition) is 1. The largest absolute Gasteiger partial charge is 0.372 e. The first-order valence-electron chi connectivity index (χ1n) is 7.57. The summed E-state index contributed by atoms with van der Waals surface area (Å²) in [7, 11) is -1.77. The second-order valence-electron chi connectivity index (χ2n) is 5.65. The van der Waals surface area contributed by atoms with E-state index in [2.05, 4.69) is 14.9 Å². The number of sulfonamides is 1. The number of ether oxygens (including phenoxy) is 1. The topological polar surface area (TPSA) is 91.0 Å². The summed E-state index contributed by atoms with van der Waals surface area (Å²) in [5.74, 6) is 0. The number of aromatic nitrogens is 4. The SMILES string of the molecule is CCn1cc(S(=O)(=O)N[C@H]2CCO[C@@H]2c2cnn(C)c2C)cn1. The van der Waals surface area contributed by atoms with Crippen molar-refractivity contribution in [1.82, 2.24) is 24.3 Å². The van der Waals surface area contributed by atoms with Gasteiger partial charge in [-0.3, -0.25) is 9.36 Å². The molecule has 0 unspecified atom stereocenters. The Labute approximate surface area is 135 Å². The molecule has 1 saturated heterocycles. The third kappa shape index (κ3) is 3.04. The minimum absolute atomic E-state index is 0.174. The molecule has 9 heteroatoms. The van der Waals surface area contributed by atoms with Gasteiger partial charge in [0, 0.05) is 37.7 Å². The first-order chi connectivity index (χ1) is 10.9. The zero-order valence-corrected chi connectivity index (χ0v) is 14.2. The molecule has 2 aromatic rings. The maximum Gasteiger partial charge on any atom is 0.244 e. The van der Waals surface area contributed by atoms with Gasteiger partial charge in [-0.15, -0.1) is 0 Å². The Morgan fingerprint density at radius 1 is 1.39 bits per heavy atom. The van der Waals surface area contributed by atoms with Crippen molar-refractivity contribution >= 4 is 10.0 Å². The average Bonchev–Trinajstić information content (AvgIpc) is 3.21. The van der Waals surface area contributed by atoms with Crippen LogP contribution in [0.3, 0.4) is 0 Å². The molecular weight excluding hydrogens is 318 g/mol. The number of aryl methyl sites for hydroxylation is 2. The molecule has 0 saturated carbocycles. The van der Waals surface area contributed by atoms with Crippen LogP contribution in [0.4, 0.5) is 0 Å². The molecule has 1 aliphatic rings. The number of rotatable bonds is 5. The van der Waals surface area contributed by atoms with E-state index in [1.54, 1.807) is 15.6 Å². The molecule has 0 amide bonds.